The van der Waals surface area contributed by atoms with Gasteiger partial charge in [-0.25, -0.2) is 0 Å². The molecule has 0 aliphatic carbocycles. The van der Waals surface area contributed by atoms with Crippen molar-refractivity contribution in [3.63, 3.8) is 0 Å². The van der Waals surface area contributed by atoms with E-state index in [4.69, 9.17) is 15.2 Å². The van der Waals surface area contributed by atoms with E-state index in [2.05, 4.69) is 10.6 Å². The molecule has 4 N–H and O–H groups in total. The number of nitrogens with one attached hydrogen (secondary N) is 2. The van der Waals surface area contributed by atoms with Crippen molar-refractivity contribution in [2.24, 2.45) is 5.73 Å². The molecule has 0 unspecified atom stereocenters. The number of rotatable bonds is 9. The topological polar surface area (TPSA) is 103 Å². The van der Waals surface area contributed by atoms with Crippen molar-refractivity contribution < 1.29 is 19.1 Å². The maximum Gasteiger partial charge on any atom is 0.257 e. The van der Waals surface area contributed by atoms with Crippen LogP contribution in [0, 0.1) is 0 Å². The number of carbonyl (C=O) groups is 2. The Morgan fingerprint density at radius 1 is 1.00 bits per heavy atom. The second kappa shape index (κ2) is 10.2. The summed E-state index contributed by atoms with van der Waals surface area (Å²) in [5, 5.41) is 5.52. The standard InChI is InChI=1S/C20H25N3O4/c1-3-22-19(24)13-27-17-9-6-15(10-18(17)26-2)12-23-20(25)16-7-4-14(11-21)5-8-16/h4-10H,3,11-13,21H2,1-2H3,(H,22,24)(H,23,25). The lowest BCUT2D eigenvalue weighted by Gasteiger charge is -2.12. The third-order valence-corrected chi connectivity index (χ3v) is 3.87. The van der Waals surface area contributed by atoms with E-state index >= 15 is 0 Å². The third kappa shape index (κ3) is 6.00. The Bertz CT molecular complexity index is 775. The van der Waals surface area contributed by atoms with Crippen LogP contribution in [0.1, 0.15) is 28.4 Å². The van der Waals surface area contributed by atoms with Gasteiger partial charge in [0.1, 0.15) is 0 Å². The number of ether oxygens (including phenoxy) is 2. The highest BCUT2D eigenvalue weighted by Crippen LogP contribution is 2.28. The van der Waals surface area contributed by atoms with E-state index in [1.807, 2.05) is 25.1 Å². The summed E-state index contributed by atoms with van der Waals surface area (Å²) in [7, 11) is 1.52. The first kappa shape index (κ1) is 20.3. The predicted octanol–water partition coefficient (Wildman–Crippen LogP) is 1.60. The van der Waals surface area contributed by atoms with Crippen LogP contribution in [0.15, 0.2) is 42.5 Å². The average Bonchev–Trinajstić information content (AvgIpc) is 2.71. The molecule has 7 nitrogen and oxygen atoms in total. The zero-order valence-corrected chi connectivity index (χ0v) is 15.6. The maximum atomic E-state index is 12.2. The van der Waals surface area contributed by atoms with Crippen LogP contribution in [0.4, 0.5) is 0 Å². The first-order valence-electron chi connectivity index (χ1n) is 8.71. The number of amides is 2. The lowest BCUT2D eigenvalue weighted by atomic mass is 10.1. The van der Waals surface area contributed by atoms with Crippen molar-refractivity contribution >= 4 is 11.8 Å². The van der Waals surface area contributed by atoms with Gasteiger partial charge >= 0.3 is 0 Å². The predicted molar refractivity (Wildman–Crippen MR) is 103 cm³/mol. The van der Waals surface area contributed by atoms with Gasteiger partial charge in [-0.15, -0.1) is 0 Å². The Kier molecular flexibility index (Phi) is 7.63. The summed E-state index contributed by atoms with van der Waals surface area (Å²) in [6, 6.07) is 12.5. The molecular weight excluding hydrogens is 346 g/mol. The number of nitrogens with two attached hydrogens (primary N) is 1. The molecule has 0 atom stereocenters. The van der Waals surface area contributed by atoms with Gasteiger partial charge in [0, 0.05) is 25.2 Å². The fourth-order valence-corrected chi connectivity index (χ4v) is 2.41. The summed E-state index contributed by atoms with van der Waals surface area (Å²) >= 11 is 0. The van der Waals surface area contributed by atoms with Gasteiger partial charge < -0.3 is 25.8 Å². The number of hydrogen-bond donors (Lipinski definition) is 3. The second-order valence-corrected chi connectivity index (χ2v) is 5.81. The normalized spacial score (nSPS) is 10.2. The first-order chi connectivity index (χ1) is 13.1. The van der Waals surface area contributed by atoms with Crippen LogP contribution in [0.25, 0.3) is 0 Å². The Morgan fingerprint density at radius 2 is 1.70 bits per heavy atom. The van der Waals surface area contributed by atoms with Gasteiger partial charge in [0.15, 0.2) is 18.1 Å². The molecule has 2 aromatic rings. The fourth-order valence-electron chi connectivity index (χ4n) is 2.41. The van der Waals surface area contributed by atoms with Crippen molar-refractivity contribution in [3.8, 4) is 11.5 Å². The molecule has 0 heterocycles. The van der Waals surface area contributed by atoms with Crippen molar-refractivity contribution in [1.82, 2.24) is 10.6 Å². The van der Waals surface area contributed by atoms with Gasteiger partial charge in [-0.1, -0.05) is 18.2 Å². The molecule has 0 aliphatic heterocycles. The van der Waals surface area contributed by atoms with E-state index in [-0.39, 0.29) is 18.4 Å². The minimum absolute atomic E-state index is 0.0842. The molecule has 7 heteroatoms. The largest absolute Gasteiger partial charge is 0.493 e. The summed E-state index contributed by atoms with van der Waals surface area (Å²) in [4.78, 5) is 23.7. The molecule has 0 bridgehead atoms. The SMILES string of the molecule is CCNC(=O)COc1ccc(CNC(=O)c2ccc(CN)cc2)cc1OC. The van der Waals surface area contributed by atoms with Crippen molar-refractivity contribution in [2.45, 2.75) is 20.0 Å². The van der Waals surface area contributed by atoms with E-state index in [0.717, 1.165) is 11.1 Å². The summed E-state index contributed by atoms with van der Waals surface area (Å²) in [6.07, 6.45) is 0. The van der Waals surface area contributed by atoms with Crippen molar-refractivity contribution in [2.75, 3.05) is 20.3 Å². The van der Waals surface area contributed by atoms with E-state index in [1.54, 1.807) is 24.3 Å². The Balaban J connectivity index is 1.95. The maximum absolute atomic E-state index is 12.2. The van der Waals surface area contributed by atoms with Gasteiger partial charge in [0.2, 0.25) is 0 Å². The average molecular weight is 371 g/mol. The summed E-state index contributed by atoms with van der Waals surface area (Å²) in [5.74, 6) is 0.597. The molecule has 0 saturated carbocycles. The number of methoxy groups -OCH3 is 1. The molecule has 2 amide bonds. The smallest absolute Gasteiger partial charge is 0.257 e. The minimum Gasteiger partial charge on any atom is -0.493 e. The van der Waals surface area contributed by atoms with Crippen LogP contribution in [0.5, 0.6) is 11.5 Å². The van der Waals surface area contributed by atoms with Crippen LogP contribution in [-0.4, -0.2) is 32.1 Å². The van der Waals surface area contributed by atoms with Crippen LogP contribution < -0.4 is 25.8 Å². The molecule has 0 saturated heterocycles. The van der Waals surface area contributed by atoms with Crippen molar-refractivity contribution in [3.05, 3.63) is 59.2 Å². The monoisotopic (exact) mass is 371 g/mol. The van der Waals surface area contributed by atoms with Crippen LogP contribution in [0.3, 0.4) is 0 Å². The quantitative estimate of drug-likeness (QED) is 0.621. The Labute approximate surface area is 158 Å². The van der Waals surface area contributed by atoms with E-state index < -0.39 is 0 Å². The molecule has 0 fully saturated rings. The lowest BCUT2D eigenvalue weighted by molar-refractivity contribution is -0.123. The molecule has 0 aromatic heterocycles. The summed E-state index contributed by atoms with van der Waals surface area (Å²) in [6.45, 7) is 3.08. The van der Waals surface area contributed by atoms with Gasteiger partial charge in [0.25, 0.3) is 11.8 Å². The van der Waals surface area contributed by atoms with Crippen molar-refractivity contribution in [1.29, 1.82) is 0 Å². The Morgan fingerprint density at radius 3 is 2.33 bits per heavy atom. The van der Waals surface area contributed by atoms with Crippen LogP contribution in [-0.2, 0) is 17.9 Å². The van der Waals surface area contributed by atoms with Gasteiger partial charge in [-0.2, -0.15) is 0 Å². The Hall–Kier alpha value is -3.06. The second-order valence-electron chi connectivity index (χ2n) is 5.81. The highest BCUT2D eigenvalue weighted by molar-refractivity contribution is 5.94. The fraction of sp³-hybridized carbons (Fsp3) is 0.300. The first-order valence-corrected chi connectivity index (χ1v) is 8.71. The number of hydrogen-bond acceptors (Lipinski definition) is 5. The van der Waals surface area contributed by atoms with Crippen LogP contribution in [0.2, 0.25) is 0 Å². The molecule has 2 aromatic carbocycles. The molecule has 144 valence electrons. The zero-order valence-electron chi connectivity index (χ0n) is 15.6. The molecule has 27 heavy (non-hydrogen) atoms. The number of likely N-dealkylation sites (N-methyl/N-ethyl adjacent to an activating group) is 1. The highest BCUT2D eigenvalue weighted by Gasteiger charge is 2.10. The van der Waals surface area contributed by atoms with Gasteiger partial charge in [0.05, 0.1) is 7.11 Å². The zero-order chi connectivity index (χ0) is 19.6. The molecule has 0 radical (unpaired) electrons. The molecule has 2 rings (SSSR count). The highest BCUT2D eigenvalue weighted by atomic mass is 16.5. The minimum atomic E-state index is -0.198. The van der Waals surface area contributed by atoms with Crippen LogP contribution >= 0.6 is 0 Å². The van der Waals surface area contributed by atoms with Gasteiger partial charge in [-0.3, -0.25) is 9.59 Å². The number of benzene rings is 2. The van der Waals surface area contributed by atoms with E-state index in [0.29, 0.717) is 36.7 Å². The number of carbonyl (C=O) groups excluding carboxylic acids is 2. The molecular formula is C20H25N3O4. The lowest BCUT2D eigenvalue weighted by Crippen LogP contribution is -2.28. The van der Waals surface area contributed by atoms with E-state index in [1.165, 1.54) is 7.11 Å². The van der Waals surface area contributed by atoms with E-state index in [9.17, 15) is 9.59 Å². The summed E-state index contributed by atoms with van der Waals surface area (Å²) in [5.41, 5.74) is 7.95. The van der Waals surface area contributed by atoms with Gasteiger partial charge in [-0.05, 0) is 42.3 Å². The molecule has 0 aliphatic rings. The molecule has 0 spiro atoms. The third-order valence-electron chi connectivity index (χ3n) is 3.87. The summed E-state index contributed by atoms with van der Waals surface area (Å²) < 4.78 is 10.8.